The van der Waals surface area contributed by atoms with Gasteiger partial charge < -0.3 is 10.2 Å². The third-order valence-corrected chi connectivity index (χ3v) is 2.68. The van der Waals surface area contributed by atoms with Crippen LogP contribution in [0.15, 0.2) is 6.07 Å². The van der Waals surface area contributed by atoms with Gasteiger partial charge in [-0.15, -0.1) is 0 Å². The van der Waals surface area contributed by atoms with E-state index in [1.807, 2.05) is 19.9 Å². The van der Waals surface area contributed by atoms with Gasteiger partial charge >= 0.3 is 11.9 Å². The van der Waals surface area contributed by atoms with Gasteiger partial charge in [0.1, 0.15) is 0 Å². The number of aromatic nitrogens is 2. The van der Waals surface area contributed by atoms with Gasteiger partial charge in [0.25, 0.3) is 0 Å². The van der Waals surface area contributed by atoms with E-state index in [-0.39, 0.29) is 19.6 Å². The minimum atomic E-state index is -1.04. The third kappa shape index (κ3) is 4.70. The maximum atomic E-state index is 10.7. The molecule has 7 nitrogen and oxygen atoms in total. The Bertz CT molecular complexity index is 440. The lowest BCUT2D eigenvalue weighted by Gasteiger charge is -2.18. The van der Waals surface area contributed by atoms with Crippen molar-refractivity contribution in [2.75, 3.05) is 13.1 Å². The SMILES string of the molecule is CCc1cc(CN(CC(=O)O)CC(=O)O)n(CC)n1. The molecule has 19 heavy (non-hydrogen) atoms. The fraction of sp³-hybridized carbons (Fsp3) is 0.583. The molecule has 1 rings (SSSR count). The van der Waals surface area contributed by atoms with Crippen molar-refractivity contribution in [2.45, 2.75) is 33.4 Å². The molecule has 0 aliphatic rings. The van der Waals surface area contributed by atoms with Crippen LogP contribution in [0.1, 0.15) is 25.2 Å². The Morgan fingerprint density at radius 3 is 2.26 bits per heavy atom. The maximum Gasteiger partial charge on any atom is 0.317 e. The van der Waals surface area contributed by atoms with Crippen molar-refractivity contribution in [3.8, 4) is 0 Å². The van der Waals surface area contributed by atoms with E-state index in [2.05, 4.69) is 5.10 Å². The average Bonchev–Trinajstić information content (AvgIpc) is 2.69. The van der Waals surface area contributed by atoms with Crippen molar-refractivity contribution in [3.63, 3.8) is 0 Å². The van der Waals surface area contributed by atoms with Crippen molar-refractivity contribution in [3.05, 3.63) is 17.5 Å². The first kappa shape index (κ1) is 15.2. The summed E-state index contributed by atoms with van der Waals surface area (Å²) in [5.74, 6) is -2.08. The fourth-order valence-corrected chi connectivity index (χ4v) is 1.87. The predicted molar refractivity (Wildman–Crippen MR) is 67.8 cm³/mol. The molecule has 0 aromatic carbocycles. The number of carboxylic acids is 2. The van der Waals surface area contributed by atoms with E-state index in [0.29, 0.717) is 6.54 Å². The molecule has 106 valence electrons. The highest BCUT2D eigenvalue weighted by Gasteiger charge is 2.16. The number of aryl methyl sites for hydroxylation is 2. The molecule has 7 heteroatoms. The van der Waals surface area contributed by atoms with Crippen LogP contribution in [0.4, 0.5) is 0 Å². The molecule has 0 fully saturated rings. The molecule has 0 spiro atoms. The molecular formula is C12H19N3O4. The molecule has 0 bridgehead atoms. The van der Waals surface area contributed by atoms with Crippen LogP contribution in [-0.2, 0) is 29.1 Å². The number of nitrogens with zero attached hydrogens (tertiary/aromatic N) is 3. The highest BCUT2D eigenvalue weighted by atomic mass is 16.4. The zero-order valence-electron chi connectivity index (χ0n) is 11.2. The van der Waals surface area contributed by atoms with E-state index in [1.165, 1.54) is 4.90 Å². The number of rotatable bonds is 8. The van der Waals surface area contributed by atoms with E-state index in [9.17, 15) is 9.59 Å². The molecule has 1 aromatic heterocycles. The van der Waals surface area contributed by atoms with Crippen LogP contribution < -0.4 is 0 Å². The van der Waals surface area contributed by atoms with Gasteiger partial charge in [-0.25, -0.2) is 0 Å². The second-order valence-electron chi connectivity index (χ2n) is 4.23. The van der Waals surface area contributed by atoms with E-state index in [0.717, 1.165) is 17.8 Å². The second-order valence-corrected chi connectivity index (χ2v) is 4.23. The summed E-state index contributed by atoms with van der Waals surface area (Å²) in [4.78, 5) is 22.8. The van der Waals surface area contributed by atoms with Crippen molar-refractivity contribution in [1.82, 2.24) is 14.7 Å². The summed E-state index contributed by atoms with van der Waals surface area (Å²) in [6.45, 7) is 4.25. The van der Waals surface area contributed by atoms with Gasteiger partial charge in [-0.3, -0.25) is 19.2 Å². The smallest absolute Gasteiger partial charge is 0.317 e. The lowest BCUT2D eigenvalue weighted by Crippen LogP contribution is -2.34. The van der Waals surface area contributed by atoms with Crippen molar-refractivity contribution >= 4 is 11.9 Å². The molecule has 1 aromatic rings. The first-order valence-electron chi connectivity index (χ1n) is 6.17. The highest BCUT2D eigenvalue weighted by molar-refractivity contribution is 5.72. The van der Waals surface area contributed by atoms with Gasteiger partial charge in [-0.05, 0) is 19.4 Å². The fourth-order valence-electron chi connectivity index (χ4n) is 1.87. The van der Waals surface area contributed by atoms with Crippen molar-refractivity contribution < 1.29 is 19.8 Å². The molecule has 0 saturated heterocycles. The third-order valence-electron chi connectivity index (χ3n) is 2.68. The van der Waals surface area contributed by atoms with Crippen molar-refractivity contribution in [2.24, 2.45) is 0 Å². The van der Waals surface area contributed by atoms with Crippen LogP contribution in [0.3, 0.4) is 0 Å². The molecule has 1 heterocycles. The average molecular weight is 269 g/mol. The second kappa shape index (κ2) is 6.89. The standard InChI is InChI=1S/C12H19N3O4/c1-3-9-5-10(15(4-2)13-9)6-14(7-11(16)17)8-12(18)19/h5H,3-4,6-8H2,1-2H3,(H,16,17)(H,18,19). The molecule has 0 aliphatic heterocycles. The predicted octanol–water partition coefficient (Wildman–Crippen LogP) is 0.437. The van der Waals surface area contributed by atoms with Crippen LogP contribution in [0.5, 0.6) is 0 Å². The van der Waals surface area contributed by atoms with Crippen molar-refractivity contribution in [1.29, 1.82) is 0 Å². The summed E-state index contributed by atoms with van der Waals surface area (Å²) in [6.07, 6.45) is 0.790. The molecule has 0 atom stereocenters. The quantitative estimate of drug-likeness (QED) is 0.711. The topological polar surface area (TPSA) is 95.7 Å². The largest absolute Gasteiger partial charge is 0.480 e. The van der Waals surface area contributed by atoms with Gasteiger partial charge in [0.2, 0.25) is 0 Å². The van der Waals surface area contributed by atoms with Crippen LogP contribution in [-0.4, -0.2) is 49.9 Å². The van der Waals surface area contributed by atoms with Gasteiger partial charge in [-0.2, -0.15) is 5.10 Å². The molecule has 0 unspecified atom stereocenters. The monoisotopic (exact) mass is 269 g/mol. The Balaban J connectivity index is 2.84. The van der Waals surface area contributed by atoms with E-state index in [1.54, 1.807) is 4.68 Å². The minimum absolute atomic E-state index is 0.263. The molecule has 0 aliphatic carbocycles. The summed E-state index contributed by atoms with van der Waals surface area (Å²) >= 11 is 0. The van der Waals surface area contributed by atoms with Crippen LogP contribution in [0.2, 0.25) is 0 Å². The lowest BCUT2D eigenvalue weighted by atomic mass is 10.3. The number of hydrogen-bond acceptors (Lipinski definition) is 4. The summed E-state index contributed by atoms with van der Waals surface area (Å²) in [5, 5.41) is 21.9. The zero-order valence-corrected chi connectivity index (χ0v) is 11.2. The maximum absolute atomic E-state index is 10.7. The number of carboxylic acid groups (broad SMARTS) is 2. The van der Waals surface area contributed by atoms with Crippen LogP contribution >= 0.6 is 0 Å². The molecular weight excluding hydrogens is 250 g/mol. The van der Waals surface area contributed by atoms with E-state index in [4.69, 9.17) is 10.2 Å². The van der Waals surface area contributed by atoms with Crippen LogP contribution in [0.25, 0.3) is 0 Å². The molecule has 0 amide bonds. The van der Waals surface area contributed by atoms with E-state index < -0.39 is 11.9 Å². The van der Waals surface area contributed by atoms with Gasteiger partial charge in [0.05, 0.1) is 24.5 Å². The Morgan fingerprint density at radius 2 is 1.84 bits per heavy atom. The lowest BCUT2D eigenvalue weighted by molar-refractivity contribution is -0.142. The van der Waals surface area contributed by atoms with Gasteiger partial charge in [0.15, 0.2) is 0 Å². The number of aliphatic carboxylic acids is 2. The highest BCUT2D eigenvalue weighted by Crippen LogP contribution is 2.09. The van der Waals surface area contributed by atoms with E-state index >= 15 is 0 Å². The Kier molecular flexibility index (Phi) is 5.50. The Labute approximate surface area is 111 Å². The molecule has 0 saturated carbocycles. The first-order chi connectivity index (χ1) is 8.96. The zero-order chi connectivity index (χ0) is 14.4. The Hall–Kier alpha value is -1.89. The summed E-state index contributed by atoms with van der Waals surface area (Å²) in [7, 11) is 0. The van der Waals surface area contributed by atoms with Gasteiger partial charge in [-0.1, -0.05) is 6.92 Å². The molecule has 0 radical (unpaired) electrons. The first-order valence-corrected chi connectivity index (χ1v) is 6.17. The van der Waals surface area contributed by atoms with Gasteiger partial charge in [0, 0.05) is 13.1 Å². The Morgan fingerprint density at radius 1 is 1.26 bits per heavy atom. The minimum Gasteiger partial charge on any atom is -0.480 e. The molecule has 2 N–H and O–H groups in total. The normalized spacial score (nSPS) is 10.9. The number of hydrogen-bond donors (Lipinski definition) is 2. The number of carbonyl (C=O) groups is 2. The summed E-state index contributed by atoms with van der Waals surface area (Å²) in [6, 6.07) is 1.89. The summed E-state index contributed by atoms with van der Waals surface area (Å²) in [5.41, 5.74) is 1.75. The van der Waals surface area contributed by atoms with Crippen LogP contribution in [0, 0.1) is 0 Å². The summed E-state index contributed by atoms with van der Waals surface area (Å²) < 4.78 is 1.77.